The summed E-state index contributed by atoms with van der Waals surface area (Å²) in [6, 6.07) is 1.79. The maximum Gasteiger partial charge on any atom is 0.144 e. The van der Waals surface area contributed by atoms with Gasteiger partial charge in [-0.2, -0.15) is 0 Å². The van der Waals surface area contributed by atoms with Crippen molar-refractivity contribution in [2.75, 3.05) is 32.0 Å². The van der Waals surface area contributed by atoms with Crippen LogP contribution in [0.3, 0.4) is 0 Å². The molecule has 1 aromatic heterocycles. The molecule has 2 heterocycles. The Hall–Kier alpha value is -1.20. The molecule has 1 fully saturated rings. The Balaban J connectivity index is 2.01. The fraction of sp³-hybridized carbons (Fsp3) is 0.636. The fourth-order valence-corrected chi connectivity index (χ4v) is 1.88. The van der Waals surface area contributed by atoms with Gasteiger partial charge in [0.25, 0.3) is 0 Å². The molecule has 5 nitrogen and oxygen atoms in total. The van der Waals surface area contributed by atoms with E-state index < -0.39 is 0 Å². The minimum atomic E-state index is 0.550. The molecule has 1 aromatic rings. The van der Waals surface area contributed by atoms with Crippen LogP contribution in [0.25, 0.3) is 0 Å². The van der Waals surface area contributed by atoms with E-state index in [1.807, 2.05) is 6.92 Å². The number of hydrogen-bond acceptors (Lipinski definition) is 5. The highest BCUT2D eigenvalue weighted by atomic mass is 16.5. The van der Waals surface area contributed by atoms with Gasteiger partial charge in [-0.25, -0.2) is 9.97 Å². The normalized spacial score (nSPS) is 18.3. The van der Waals surface area contributed by atoms with Crippen molar-refractivity contribution in [1.82, 2.24) is 14.9 Å². The summed E-state index contributed by atoms with van der Waals surface area (Å²) in [7, 11) is 0. The molecule has 0 spiro atoms. The van der Waals surface area contributed by atoms with Gasteiger partial charge in [-0.3, -0.25) is 4.90 Å². The van der Waals surface area contributed by atoms with Crippen molar-refractivity contribution in [3.63, 3.8) is 0 Å². The van der Waals surface area contributed by atoms with E-state index in [4.69, 9.17) is 10.5 Å². The highest BCUT2D eigenvalue weighted by molar-refractivity contribution is 5.29. The third kappa shape index (κ3) is 3.15. The lowest BCUT2D eigenvalue weighted by Crippen LogP contribution is -2.27. The van der Waals surface area contributed by atoms with E-state index in [-0.39, 0.29) is 0 Å². The maximum absolute atomic E-state index is 5.70. The molecular formula is C11H18N4O. The molecule has 0 aliphatic carbocycles. The SMILES string of the molecule is Cc1cc(N)nc(CN2CCCOCC2)n1. The van der Waals surface area contributed by atoms with Crippen LogP contribution in [0.4, 0.5) is 5.82 Å². The summed E-state index contributed by atoms with van der Waals surface area (Å²) in [6.45, 7) is 6.32. The van der Waals surface area contributed by atoms with Crippen LogP contribution in [0, 0.1) is 6.92 Å². The number of hydrogen-bond donors (Lipinski definition) is 1. The highest BCUT2D eigenvalue weighted by Crippen LogP contribution is 2.07. The molecule has 0 radical (unpaired) electrons. The Morgan fingerprint density at radius 1 is 1.38 bits per heavy atom. The molecule has 0 unspecified atom stereocenters. The molecule has 0 aromatic carbocycles. The van der Waals surface area contributed by atoms with Crippen LogP contribution >= 0.6 is 0 Å². The Bertz CT molecular complexity index is 328. The molecule has 88 valence electrons. The standard InChI is InChI=1S/C11H18N4O/c1-9-7-10(12)14-11(13-9)8-15-3-2-5-16-6-4-15/h7H,2-6,8H2,1H3,(H2,12,13,14). The summed E-state index contributed by atoms with van der Waals surface area (Å²) in [4.78, 5) is 10.9. The second kappa shape index (κ2) is 5.23. The van der Waals surface area contributed by atoms with E-state index in [9.17, 15) is 0 Å². The van der Waals surface area contributed by atoms with E-state index >= 15 is 0 Å². The zero-order valence-electron chi connectivity index (χ0n) is 9.65. The molecule has 0 amide bonds. The van der Waals surface area contributed by atoms with Gasteiger partial charge in [0.2, 0.25) is 0 Å². The van der Waals surface area contributed by atoms with Gasteiger partial charge in [0.05, 0.1) is 13.2 Å². The Morgan fingerprint density at radius 3 is 3.06 bits per heavy atom. The van der Waals surface area contributed by atoms with Crippen LogP contribution in [0.2, 0.25) is 0 Å². The number of aryl methyl sites for hydroxylation is 1. The van der Waals surface area contributed by atoms with E-state index in [0.717, 1.165) is 50.8 Å². The lowest BCUT2D eigenvalue weighted by Gasteiger charge is -2.18. The largest absolute Gasteiger partial charge is 0.384 e. The number of aromatic nitrogens is 2. The number of nitrogens with two attached hydrogens (primary N) is 1. The van der Waals surface area contributed by atoms with Gasteiger partial charge in [0.15, 0.2) is 0 Å². The van der Waals surface area contributed by atoms with Crippen molar-refractivity contribution < 1.29 is 4.74 Å². The van der Waals surface area contributed by atoms with E-state index in [0.29, 0.717) is 5.82 Å². The average Bonchev–Trinajstić information content (AvgIpc) is 2.44. The molecule has 0 atom stereocenters. The fourth-order valence-electron chi connectivity index (χ4n) is 1.88. The first kappa shape index (κ1) is 11.3. The molecule has 2 rings (SSSR count). The molecule has 16 heavy (non-hydrogen) atoms. The van der Waals surface area contributed by atoms with Crippen LogP contribution < -0.4 is 5.73 Å². The van der Waals surface area contributed by atoms with Crippen LogP contribution in [0.5, 0.6) is 0 Å². The molecule has 0 bridgehead atoms. The van der Waals surface area contributed by atoms with Crippen LogP contribution in [-0.4, -0.2) is 41.2 Å². The second-order valence-corrected chi connectivity index (χ2v) is 4.09. The van der Waals surface area contributed by atoms with E-state index in [1.165, 1.54) is 0 Å². The average molecular weight is 222 g/mol. The van der Waals surface area contributed by atoms with Crippen molar-refractivity contribution in [2.45, 2.75) is 19.9 Å². The molecule has 1 aliphatic rings. The monoisotopic (exact) mass is 222 g/mol. The van der Waals surface area contributed by atoms with Crippen molar-refractivity contribution in [2.24, 2.45) is 0 Å². The summed E-state index contributed by atoms with van der Waals surface area (Å²) in [6.07, 6.45) is 1.07. The van der Waals surface area contributed by atoms with Gasteiger partial charge < -0.3 is 10.5 Å². The summed E-state index contributed by atoms with van der Waals surface area (Å²) in [5.41, 5.74) is 6.63. The molecule has 2 N–H and O–H groups in total. The van der Waals surface area contributed by atoms with Gasteiger partial charge in [-0.05, 0) is 13.3 Å². The van der Waals surface area contributed by atoms with E-state index in [2.05, 4.69) is 14.9 Å². The minimum Gasteiger partial charge on any atom is -0.384 e. The first-order valence-corrected chi connectivity index (χ1v) is 5.64. The predicted molar refractivity (Wildman–Crippen MR) is 61.9 cm³/mol. The number of nitrogens with zero attached hydrogens (tertiary/aromatic N) is 3. The molecule has 1 aliphatic heterocycles. The zero-order chi connectivity index (χ0) is 11.4. The minimum absolute atomic E-state index is 0.550. The molecular weight excluding hydrogens is 204 g/mol. The van der Waals surface area contributed by atoms with E-state index in [1.54, 1.807) is 6.07 Å². The third-order valence-corrected chi connectivity index (χ3v) is 2.60. The lowest BCUT2D eigenvalue weighted by atomic mass is 10.3. The quantitative estimate of drug-likeness (QED) is 0.793. The molecule has 1 saturated heterocycles. The van der Waals surface area contributed by atoms with Crippen molar-refractivity contribution in [1.29, 1.82) is 0 Å². The number of nitrogen functional groups attached to an aromatic ring is 1. The Labute approximate surface area is 95.6 Å². The maximum atomic E-state index is 5.70. The first-order chi connectivity index (χ1) is 7.74. The Kier molecular flexibility index (Phi) is 3.69. The summed E-state index contributed by atoms with van der Waals surface area (Å²) < 4.78 is 5.40. The summed E-state index contributed by atoms with van der Waals surface area (Å²) in [5.74, 6) is 1.35. The zero-order valence-corrected chi connectivity index (χ0v) is 9.65. The van der Waals surface area contributed by atoms with Crippen molar-refractivity contribution in [3.05, 3.63) is 17.6 Å². The van der Waals surface area contributed by atoms with Crippen molar-refractivity contribution in [3.8, 4) is 0 Å². The van der Waals surface area contributed by atoms with Crippen LogP contribution in [-0.2, 0) is 11.3 Å². The Morgan fingerprint density at radius 2 is 2.25 bits per heavy atom. The van der Waals surface area contributed by atoms with Crippen LogP contribution in [0.1, 0.15) is 17.9 Å². The summed E-state index contributed by atoms with van der Waals surface area (Å²) >= 11 is 0. The lowest BCUT2D eigenvalue weighted by molar-refractivity contribution is 0.140. The number of anilines is 1. The van der Waals surface area contributed by atoms with Gasteiger partial charge >= 0.3 is 0 Å². The number of ether oxygens (including phenoxy) is 1. The highest BCUT2D eigenvalue weighted by Gasteiger charge is 2.11. The topological polar surface area (TPSA) is 64.3 Å². The number of rotatable bonds is 2. The predicted octanol–water partition coefficient (Wildman–Crippen LogP) is 0.590. The smallest absolute Gasteiger partial charge is 0.144 e. The van der Waals surface area contributed by atoms with Crippen LogP contribution in [0.15, 0.2) is 6.07 Å². The van der Waals surface area contributed by atoms with Gasteiger partial charge in [0, 0.05) is 31.5 Å². The third-order valence-electron chi connectivity index (χ3n) is 2.60. The summed E-state index contributed by atoms with van der Waals surface area (Å²) in [5, 5.41) is 0. The molecule has 0 saturated carbocycles. The molecule has 5 heteroatoms. The van der Waals surface area contributed by atoms with Crippen molar-refractivity contribution >= 4 is 5.82 Å². The second-order valence-electron chi connectivity index (χ2n) is 4.09. The van der Waals surface area contributed by atoms with Gasteiger partial charge in [-0.15, -0.1) is 0 Å². The first-order valence-electron chi connectivity index (χ1n) is 5.64. The van der Waals surface area contributed by atoms with Gasteiger partial charge in [-0.1, -0.05) is 0 Å². The van der Waals surface area contributed by atoms with Gasteiger partial charge in [0.1, 0.15) is 11.6 Å².